The molecule has 0 aliphatic heterocycles. The lowest BCUT2D eigenvalue weighted by atomic mass is 10.1. The third-order valence-corrected chi connectivity index (χ3v) is 3.46. The van der Waals surface area contributed by atoms with E-state index >= 15 is 0 Å². The van der Waals surface area contributed by atoms with Gasteiger partial charge in [0.05, 0.1) is 0 Å². The fourth-order valence-corrected chi connectivity index (χ4v) is 2.26. The Morgan fingerprint density at radius 1 is 1.53 bits per heavy atom. The topological polar surface area (TPSA) is 16.1 Å². The van der Waals surface area contributed by atoms with E-state index < -0.39 is 0 Å². The van der Waals surface area contributed by atoms with E-state index in [4.69, 9.17) is 0 Å². The van der Waals surface area contributed by atoms with Crippen molar-refractivity contribution in [2.45, 2.75) is 19.9 Å². The molecule has 1 unspecified atom stereocenters. The van der Waals surface area contributed by atoms with Crippen LogP contribution in [0.25, 0.3) is 0 Å². The summed E-state index contributed by atoms with van der Waals surface area (Å²) in [7, 11) is 2.16. The van der Waals surface area contributed by atoms with Crippen molar-refractivity contribution in [2.75, 3.05) is 18.9 Å². The quantitative estimate of drug-likeness (QED) is 0.739. The number of alkyl halides is 1. The van der Waals surface area contributed by atoms with Gasteiger partial charge in [0.15, 0.2) is 0 Å². The predicted molar refractivity (Wildman–Crippen MR) is 68.1 cm³/mol. The Morgan fingerprint density at radius 2 is 2.33 bits per heavy atom. The lowest BCUT2D eigenvalue weighted by Gasteiger charge is -2.21. The van der Waals surface area contributed by atoms with Gasteiger partial charge in [-0.2, -0.15) is 0 Å². The number of nitrogens with zero attached hydrogens (tertiary/aromatic N) is 2. The van der Waals surface area contributed by atoms with Crippen LogP contribution in [-0.4, -0.2) is 28.8 Å². The van der Waals surface area contributed by atoms with Gasteiger partial charge in [0.2, 0.25) is 0 Å². The van der Waals surface area contributed by atoms with Crippen molar-refractivity contribution in [1.29, 1.82) is 0 Å². The number of hydrogen-bond donors (Lipinski definition) is 0. The van der Waals surface area contributed by atoms with Gasteiger partial charge < -0.3 is 4.90 Å². The molecule has 1 rings (SSSR count). The molecule has 1 aromatic heterocycles. The van der Waals surface area contributed by atoms with Crippen LogP contribution in [-0.2, 0) is 6.54 Å². The van der Waals surface area contributed by atoms with E-state index in [1.807, 2.05) is 18.5 Å². The third-order valence-electron chi connectivity index (χ3n) is 2.54. The number of aromatic nitrogens is 1. The van der Waals surface area contributed by atoms with Crippen molar-refractivity contribution < 1.29 is 0 Å². The molecule has 1 heterocycles. The van der Waals surface area contributed by atoms with Gasteiger partial charge in [-0.1, -0.05) is 35.3 Å². The van der Waals surface area contributed by atoms with Crippen molar-refractivity contribution >= 4 is 15.9 Å². The summed E-state index contributed by atoms with van der Waals surface area (Å²) in [6, 6.07) is 4.11. The summed E-state index contributed by atoms with van der Waals surface area (Å²) in [6.07, 6.45) is 4.98. The zero-order valence-corrected chi connectivity index (χ0v) is 11.1. The van der Waals surface area contributed by atoms with Gasteiger partial charge in [-0.15, -0.1) is 0 Å². The molecule has 3 heteroatoms. The van der Waals surface area contributed by atoms with Crippen LogP contribution >= 0.6 is 15.9 Å². The Morgan fingerprint density at radius 3 is 2.87 bits per heavy atom. The second kappa shape index (κ2) is 6.96. The average molecular weight is 271 g/mol. The van der Waals surface area contributed by atoms with Crippen LogP contribution in [0.5, 0.6) is 0 Å². The maximum Gasteiger partial charge on any atom is 0.0312 e. The molecule has 2 nitrogen and oxygen atoms in total. The van der Waals surface area contributed by atoms with Gasteiger partial charge >= 0.3 is 0 Å². The Labute approximate surface area is 101 Å². The molecule has 0 spiro atoms. The first-order valence-corrected chi connectivity index (χ1v) is 6.51. The van der Waals surface area contributed by atoms with E-state index in [0.29, 0.717) is 0 Å². The Kier molecular flexibility index (Phi) is 5.88. The second-order valence-corrected chi connectivity index (χ2v) is 4.63. The minimum absolute atomic E-state index is 0.742. The number of hydrogen-bond acceptors (Lipinski definition) is 2. The maximum absolute atomic E-state index is 4.12. The van der Waals surface area contributed by atoms with E-state index in [1.165, 1.54) is 12.0 Å². The fourth-order valence-electron chi connectivity index (χ4n) is 1.60. The summed E-state index contributed by atoms with van der Waals surface area (Å²) in [5.74, 6) is 0.742. The van der Waals surface area contributed by atoms with Crippen LogP contribution in [0.15, 0.2) is 24.5 Å². The molecule has 0 fully saturated rings. The molecule has 0 saturated heterocycles. The van der Waals surface area contributed by atoms with Gasteiger partial charge in [0.1, 0.15) is 0 Å². The highest BCUT2D eigenvalue weighted by atomic mass is 79.9. The van der Waals surface area contributed by atoms with E-state index in [1.54, 1.807) is 0 Å². The van der Waals surface area contributed by atoms with E-state index in [2.05, 4.69) is 45.9 Å². The highest BCUT2D eigenvalue weighted by Gasteiger charge is 2.08. The molecule has 1 atom stereocenters. The first kappa shape index (κ1) is 12.7. The Hall–Kier alpha value is -0.410. The zero-order valence-electron chi connectivity index (χ0n) is 9.49. The SMILES string of the molecule is CCC(CBr)CN(C)Cc1cccnc1. The normalized spacial score (nSPS) is 13.1. The molecule has 0 aromatic carbocycles. The predicted octanol–water partition coefficient (Wildman–Crippen LogP) is 2.93. The standard InChI is InChI=1S/C12H19BrN2/c1-3-11(7-13)9-15(2)10-12-5-4-6-14-8-12/h4-6,8,11H,3,7,9-10H2,1-2H3. The van der Waals surface area contributed by atoms with Crippen LogP contribution < -0.4 is 0 Å². The van der Waals surface area contributed by atoms with Crippen molar-refractivity contribution in [3.05, 3.63) is 30.1 Å². The van der Waals surface area contributed by atoms with Crippen LogP contribution in [0, 0.1) is 5.92 Å². The van der Waals surface area contributed by atoms with Gasteiger partial charge in [-0.05, 0) is 24.6 Å². The fraction of sp³-hybridized carbons (Fsp3) is 0.583. The number of rotatable bonds is 6. The summed E-state index contributed by atoms with van der Waals surface area (Å²) in [5, 5.41) is 1.08. The summed E-state index contributed by atoms with van der Waals surface area (Å²) < 4.78 is 0. The maximum atomic E-state index is 4.12. The first-order chi connectivity index (χ1) is 7.26. The summed E-state index contributed by atoms with van der Waals surface area (Å²) >= 11 is 3.55. The molecule has 1 aromatic rings. The molecule has 0 aliphatic carbocycles. The molecule has 84 valence electrons. The number of pyridine rings is 1. The second-order valence-electron chi connectivity index (χ2n) is 3.99. The van der Waals surface area contributed by atoms with Crippen LogP contribution in [0.4, 0.5) is 0 Å². The van der Waals surface area contributed by atoms with Crippen LogP contribution in [0.3, 0.4) is 0 Å². The molecule has 0 N–H and O–H groups in total. The summed E-state index contributed by atoms with van der Waals surface area (Å²) in [5.41, 5.74) is 1.28. The first-order valence-electron chi connectivity index (χ1n) is 5.39. The van der Waals surface area contributed by atoms with Crippen LogP contribution in [0.2, 0.25) is 0 Å². The largest absolute Gasteiger partial charge is 0.302 e. The lowest BCUT2D eigenvalue weighted by Crippen LogP contribution is -2.25. The van der Waals surface area contributed by atoms with Gasteiger partial charge in [-0.25, -0.2) is 0 Å². The minimum Gasteiger partial charge on any atom is -0.302 e. The van der Waals surface area contributed by atoms with Gasteiger partial charge in [-0.3, -0.25) is 4.98 Å². The van der Waals surface area contributed by atoms with Crippen molar-refractivity contribution in [3.63, 3.8) is 0 Å². The molecule has 0 saturated carbocycles. The molecule has 0 bridgehead atoms. The Balaban J connectivity index is 2.39. The summed E-state index contributed by atoms with van der Waals surface area (Å²) in [6.45, 7) is 4.36. The Bertz CT molecular complexity index is 260. The van der Waals surface area contributed by atoms with E-state index in [-0.39, 0.29) is 0 Å². The van der Waals surface area contributed by atoms with Crippen molar-refractivity contribution in [1.82, 2.24) is 9.88 Å². The van der Waals surface area contributed by atoms with Crippen molar-refractivity contribution in [3.8, 4) is 0 Å². The van der Waals surface area contributed by atoms with E-state index in [9.17, 15) is 0 Å². The van der Waals surface area contributed by atoms with Crippen LogP contribution in [0.1, 0.15) is 18.9 Å². The lowest BCUT2D eigenvalue weighted by molar-refractivity contribution is 0.278. The average Bonchev–Trinajstić information content (AvgIpc) is 2.27. The third kappa shape index (κ3) is 4.76. The monoisotopic (exact) mass is 270 g/mol. The molecular formula is C12H19BrN2. The highest BCUT2D eigenvalue weighted by Crippen LogP contribution is 2.10. The number of halogens is 1. The summed E-state index contributed by atoms with van der Waals surface area (Å²) in [4.78, 5) is 6.47. The molecule has 0 radical (unpaired) electrons. The zero-order chi connectivity index (χ0) is 11.1. The molecular weight excluding hydrogens is 252 g/mol. The minimum atomic E-state index is 0.742. The highest BCUT2D eigenvalue weighted by molar-refractivity contribution is 9.09. The molecule has 0 amide bonds. The molecule has 15 heavy (non-hydrogen) atoms. The van der Waals surface area contributed by atoms with Crippen molar-refractivity contribution in [2.24, 2.45) is 5.92 Å². The van der Waals surface area contributed by atoms with Gasteiger partial charge in [0.25, 0.3) is 0 Å². The van der Waals surface area contributed by atoms with Gasteiger partial charge in [0, 0.05) is 30.8 Å². The molecule has 0 aliphatic rings. The smallest absolute Gasteiger partial charge is 0.0312 e. The van der Waals surface area contributed by atoms with E-state index in [0.717, 1.165) is 24.3 Å².